The second kappa shape index (κ2) is 7.72. The van der Waals surface area contributed by atoms with Crippen molar-refractivity contribution in [2.45, 2.75) is 17.9 Å². The Morgan fingerprint density at radius 1 is 1.19 bits per heavy atom. The highest BCUT2D eigenvalue weighted by Gasteiger charge is 2.19. The predicted octanol–water partition coefficient (Wildman–Crippen LogP) is 1.92. The van der Waals surface area contributed by atoms with Gasteiger partial charge in [-0.15, -0.1) is 0 Å². The second-order valence-electron chi connectivity index (χ2n) is 6.08. The molecule has 2 aromatic carbocycles. The topological polar surface area (TPSA) is 136 Å². The molecule has 144 valence electrons. The van der Waals surface area contributed by atoms with Gasteiger partial charge < -0.3 is 11.1 Å². The minimum Gasteiger partial charge on any atom is -0.393 e. The van der Waals surface area contributed by atoms with Gasteiger partial charge in [0.2, 0.25) is 10.0 Å². The normalized spacial score (nSPS) is 12.6. The van der Waals surface area contributed by atoms with Gasteiger partial charge >= 0.3 is 0 Å². The lowest BCUT2D eigenvalue weighted by Crippen LogP contribution is -2.27. The second-order valence-corrected chi connectivity index (χ2v) is 8.23. The summed E-state index contributed by atoms with van der Waals surface area (Å²) in [6.45, 7) is 1.72. The molecule has 10 heteroatoms. The molecule has 1 atom stereocenters. The first kappa shape index (κ1) is 20.3. The molecule has 0 fully saturated rings. The summed E-state index contributed by atoms with van der Waals surface area (Å²) in [6, 6.07) is 9.51. The number of nitrogens with one attached hydrogen (secondary N) is 1. The monoisotopic (exact) mass is 392 g/mol. The average molecular weight is 392 g/mol. The van der Waals surface area contributed by atoms with Crippen LogP contribution in [0.3, 0.4) is 0 Å². The van der Waals surface area contributed by atoms with Crippen LogP contribution in [0, 0.1) is 10.1 Å². The van der Waals surface area contributed by atoms with Crippen molar-refractivity contribution in [3.63, 3.8) is 0 Å². The number of nitrogen functional groups attached to an aromatic ring is 1. The fraction of sp³-hybridized carbons (Fsp3) is 0.235. The van der Waals surface area contributed by atoms with E-state index in [1.54, 1.807) is 19.1 Å². The molecule has 3 N–H and O–H groups in total. The molecule has 0 aliphatic heterocycles. The van der Waals surface area contributed by atoms with Gasteiger partial charge in [0.05, 0.1) is 15.9 Å². The summed E-state index contributed by atoms with van der Waals surface area (Å²) in [6.07, 6.45) is 0. The van der Waals surface area contributed by atoms with E-state index in [-0.39, 0.29) is 21.8 Å². The molecule has 0 radical (unpaired) electrons. The lowest BCUT2D eigenvalue weighted by molar-refractivity contribution is -0.383. The number of nitro groups is 1. The van der Waals surface area contributed by atoms with E-state index in [9.17, 15) is 23.3 Å². The van der Waals surface area contributed by atoms with Crippen LogP contribution in [-0.2, 0) is 10.0 Å². The van der Waals surface area contributed by atoms with Gasteiger partial charge in [0.15, 0.2) is 0 Å². The van der Waals surface area contributed by atoms with Gasteiger partial charge in [0.25, 0.3) is 11.6 Å². The maximum Gasteiger partial charge on any atom is 0.292 e. The number of hydrogen-bond acceptors (Lipinski definition) is 6. The zero-order valence-electron chi connectivity index (χ0n) is 15.0. The molecular formula is C17H20N4O5S. The quantitative estimate of drug-likeness (QED) is 0.438. The van der Waals surface area contributed by atoms with Gasteiger partial charge in [-0.25, -0.2) is 12.7 Å². The molecule has 0 spiro atoms. The van der Waals surface area contributed by atoms with Crippen molar-refractivity contribution in [2.24, 2.45) is 0 Å². The van der Waals surface area contributed by atoms with E-state index in [1.165, 1.54) is 38.4 Å². The van der Waals surface area contributed by atoms with E-state index in [0.717, 1.165) is 10.4 Å². The molecule has 0 aromatic heterocycles. The maximum absolute atomic E-state index is 12.4. The molecular weight excluding hydrogens is 372 g/mol. The maximum atomic E-state index is 12.4. The standard InChI is InChI=1S/C17H20N4O5S/c1-11(12-4-7-14(8-5-12)27(25,26)20(2)3)19-17(22)13-6-9-15(18)16(10-13)21(23)24/h4-11H,18H2,1-3H3,(H,19,22). The molecule has 1 unspecified atom stereocenters. The summed E-state index contributed by atoms with van der Waals surface area (Å²) in [5, 5.41) is 13.7. The molecule has 0 aliphatic rings. The van der Waals surface area contributed by atoms with E-state index in [4.69, 9.17) is 5.73 Å². The SMILES string of the molecule is CC(NC(=O)c1ccc(N)c([N+](=O)[O-])c1)c1ccc(S(=O)(=O)N(C)C)cc1. The molecule has 0 bridgehead atoms. The molecule has 0 heterocycles. The van der Waals surface area contributed by atoms with Gasteiger partial charge in [-0.2, -0.15) is 0 Å². The van der Waals surface area contributed by atoms with Crippen LogP contribution in [0.25, 0.3) is 0 Å². The van der Waals surface area contributed by atoms with E-state index in [2.05, 4.69) is 5.32 Å². The lowest BCUT2D eigenvalue weighted by Gasteiger charge is -2.16. The van der Waals surface area contributed by atoms with Gasteiger partial charge in [-0.05, 0) is 36.8 Å². The zero-order chi connectivity index (χ0) is 20.4. The zero-order valence-corrected chi connectivity index (χ0v) is 15.9. The number of hydrogen-bond donors (Lipinski definition) is 2. The van der Waals surface area contributed by atoms with Crippen molar-refractivity contribution in [3.05, 3.63) is 63.7 Å². The van der Waals surface area contributed by atoms with Gasteiger partial charge in [-0.3, -0.25) is 14.9 Å². The summed E-state index contributed by atoms with van der Waals surface area (Å²) in [5.74, 6) is -0.504. The fourth-order valence-corrected chi connectivity index (χ4v) is 3.25. The minimum absolute atomic E-state index is 0.0257. The molecule has 27 heavy (non-hydrogen) atoms. The number of nitro benzene ring substituents is 1. The van der Waals surface area contributed by atoms with Crippen molar-refractivity contribution in [1.82, 2.24) is 9.62 Å². The number of carbonyl (C=O) groups excluding carboxylic acids is 1. The van der Waals surface area contributed by atoms with Crippen LogP contribution >= 0.6 is 0 Å². The first-order chi connectivity index (χ1) is 12.5. The van der Waals surface area contributed by atoms with Crippen LogP contribution in [0.2, 0.25) is 0 Å². The Bertz CT molecular complexity index is 971. The summed E-state index contributed by atoms with van der Waals surface area (Å²) in [4.78, 5) is 22.8. The van der Waals surface area contributed by atoms with Crippen molar-refractivity contribution < 1.29 is 18.1 Å². The van der Waals surface area contributed by atoms with Crippen LogP contribution in [0.5, 0.6) is 0 Å². The number of sulfonamides is 1. The Morgan fingerprint density at radius 3 is 2.30 bits per heavy atom. The van der Waals surface area contributed by atoms with Crippen molar-refractivity contribution in [3.8, 4) is 0 Å². The van der Waals surface area contributed by atoms with E-state index < -0.39 is 26.9 Å². The van der Waals surface area contributed by atoms with Crippen LogP contribution < -0.4 is 11.1 Å². The molecule has 1 amide bonds. The van der Waals surface area contributed by atoms with Gasteiger partial charge in [0, 0.05) is 25.7 Å². The lowest BCUT2D eigenvalue weighted by atomic mass is 10.1. The number of benzene rings is 2. The molecule has 0 saturated heterocycles. The molecule has 2 rings (SSSR count). The summed E-state index contributed by atoms with van der Waals surface area (Å²) in [5.41, 5.74) is 5.95. The number of rotatable bonds is 6. The summed E-state index contributed by atoms with van der Waals surface area (Å²) in [7, 11) is -0.647. The summed E-state index contributed by atoms with van der Waals surface area (Å²) >= 11 is 0. The predicted molar refractivity (Wildman–Crippen MR) is 101 cm³/mol. The largest absolute Gasteiger partial charge is 0.393 e. The van der Waals surface area contributed by atoms with Crippen molar-refractivity contribution in [1.29, 1.82) is 0 Å². The Morgan fingerprint density at radius 2 is 1.78 bits per heavy atom. The number of nitrogens with zero attached hydrogens (tertiary/aromatic N) is 2. The number of carbonyl (C=O) groups is 1. The molecule has 0 aliphatic carbocycles. The number of nitrogens with two attached hydrogens (primary N) is 1. The third-order valence-corrected chi connectivity index (χ3v) is 5.82. The molecule has 0 saturated carbocycles. The minimum atomic E-state index is -3.53. The fourth-order valence-electron chi connectivity index (χ4n) is 2.35. The summed E-state index contributed by atoms with van der Waals surface area (Å²) < 4.78 is 25.3. The highest BCUT2D eigenvalue weighted by Crippen LogP contribution is 2.23. The van der Waals surface area contributed by atoms with Gasteiger partial charge in [-0.1, -0.05) is 12.1 Å². The van der Waals surface area contributed by atoms with Crippen LogP contribution in [-0.4, -0.2) is 37.6 Å². The third-order valence-electron chi connectivity index (χ3n) is 4.00. The van der Waals surface area contributed by atoms with Crippen LogP contribution in [0.4, 0.5) is 11.4 Å². The van der Waals surface area contributed by atoms with Crippen LogP contribution in [0.15, 0.2) is 47.4 Å². The number of anilines is 1. The molecule has 2 aromatic rings. The average Bonchev–Trinajstić information content (AvgIpc) is 2.61. The highest BCUT2D eigenvalue weighted by molar-refractivity contribution is 7.89. The highest BCUT2D eigenvalue weighted by atomic mass is 32.2. The number of amides is 1. The Kier molecular flexibility index (Phi) is 5.82. The first-order valence-electron chi connectivity index (χ1n) is 7.91. The van der Waals surface area contributed by atoms with Crippen molar-refractivity contribution in [2.75, 3.05) is 19.8 Å². The van der Waals surface area contributed by atoms with Crippen molar-refractivity contribution >= 4 is 27.3 Å². The Hall–Kier alpha value is -2.98. The smallest absolute Gasteiger partial charge is 0.292 e. The van der Waals surface area contributed by atoms with Crippen LogP contribution in [0.1, 0.15) is 28.9 Å². The van der Waals surface area contributed by atoms with Gasteiger partial charge in [0.1, 0.15) is 5.69 Å². The molecule has 9 nitrogen and oxygen atoms in total. The Balaban J connectivity index is 2.18. The first-order valence-corrected chi connectivity index (χ1v) is 9.35. The third kappa shape index (κ3) is 4.41. The Labute approximate surface area is 157 Å². The van der Waals surface area contributed by atoms with E-state index in [0.29, 0.717) is 5.56 Å². The van der Waals surface area contributed by atoms with E-state index in [1.807, 2.05) is 0 Å². The van der Waals surface area contributed by atoms with E-state index >= 15 is 0 Å².